The van der Waals surface area contributed by atoms with Gasteiger partial charge in [-0.3, -0.25) is 4.79 Å². The Morgan fingerprint density at radius 1 is 1.10 bits per heavy atom. The van der Waals surface area contributed by atoms with Crippen LogP contribution >= 0.6 is 12.6 Å². The fourth-order valence-corrected chi connectivity index (χ4v) is 1.79. The maximum Gasteiger partial charge on any atom is 0.228 e. The molecule has 2 nitrogen and oxygen atoms in total. The summed E-state index contributed by atoms with van der Waals surface area (Å²) in [5, 5.41) is 2.14. The first-order chi connectivity index (χ1) is 9.45. The number of halogens is 3. The van der Waals surface area contributed by atoms with Crippen molar-refractivity contribution in [1.29, 1.82) is 0 Å². The molecule has 0 radical (unpaired) electrons. The molecule has 6 heteroatoms. The number of carbonyl (C=O) groups excluding carboxylic acids is 1. The molecule has 0 aliphatic heterocycles. The molecule has 2 aromatic rings. The highest BCUT2D eigenvalue weighted by molar-refractivity contribution is 7.80. The minimum Gasteiger partial charge on any atom is -0.323 e. The van der Waals surface area contributed by atoms with Gasteiger partial charge in [0.25, 0.3) is 0 Å². The monoisotopic (exact) mass is 297 g/mol. The minimum absolute atomic E-state index is 0.0361. The summed E-state index contributed by atoms with van der Waals surface area (Å²) in [5.41, 5.74) is 0.163. The molecule has 0 saturated heterocycles. The van der Waals surface area contributed by atoms with E-state index in [4.69, 9.17) is 0 Å². The molecular formula is C14H10F3NOS. The van der Waals surface area contributed by atoms with Gasteiger partial charge in [-0.1, -0.05) is 12.1 Å². The molecule has 0 aliphatic rings. The average molecular weight is 297 g/mol. The Hall–Kier alpha value is -1.95. The van der Waals surface area contributed by atoms with E-state index in [1.807, 2.05) is 0 Å². The highest BCUT2D eigenvalue weighted by Crippen LogP contribution is 2.19. The van der Waals surface area contributed by atoms with Crippen molar-refractivity contribution >= 4 is 24.2 Å². The molecule has 2 rings (SSSR count). The largest absolute Gasteiger partial charge is 0.323 e. The molecule has 1 N–H and O–H groups in total. The Morgan fingerprint density at radius 3 is 2.40 bits per heavy atom. The molecule has 0 saturated carbocycles. The first-order valence-electron chi connectivity index (χ1n) is 5.68. The first-order valence-corrected chi connectivity index (χ1v) is 6.13. The molecule has 0 aromatic heterocycles. The standard InChI is InChI=1S/C14H10F3NOS/c15-9-6-11(16)14(17)12(7-9)18-13(19)5-8-1-3-10(20)4-2-8/h1-4,6-7,20H,5H2,(H,18,19). The van der Waals surface area contributed by atoms with Crippen molar-refractivity contribution in [2.24, 2.45) is 0 Å². The molecule has 0 spiro atoms. The van der Waals surface area contributed by atoms with Crippen LogP contribution in [0.25, 0.3) is 0 Å². The molecule has 20 heavy (non-hydrogen) atoms. The van der Waals surface area contributed by atoms with Gasteiger partial charge >= 0.3 is 0 Å². The van der Waals surface area contributed by atoms with E-state index in [0.717, 1.165) is 11.0 Å². The average Bonchev–Trinajstić information content (AvgIpc) is 2.38. The van der Waals surface area contributed by atoms with Crippen LogP contribution in [-0.4, -0.2) is 5.91 Å². The molecule has 0 bridgehead atoms. The van der Waals surface area contributed by atoms with Crippen LogP contribution in [0, 0.1) is 17.5 Å². The third kappa shape index (κ3) is 3.54. The van der Waals surface area contributed by atoms with E-state index in [2.05, 4.69) is 17.9 Å². The van der Waals surface area contributed by atoms with Crippen LogP contribution in [0.5, 0.6) is 0 Å². The highest BCUT2D eigenvalue weighted by atomic mass is 32.1. The number of hydrogen-bond acceptors (Lipinski definition) is 2. The van der Waals surface area contributed by atoms with Gasteiger partial charge in [0.2, 0.25) is 5.91 Å². The number of benzene rings is 2. The minimum atomic E-state index is -1.35. The summed E-state index contributed by atoms with van der Waals surface area (Å²) < 4.78 is 39.3. The van der Waals surface area contributed by atoms with Crippen LogP contribution in [0.3, 0.4) is 0 Å². The summed E-state index contributed by atoms with van der Waals surface area (Å²) >= 11 is 4.10. The Kier molecular flexibility index (Phi) is 4.34. The SMILES string of the molecule is O=C(Cc1ccc(S)cc1)Nc1cc(F)cc(F)c1F. The van der Waals surface area contributed by atoms with E-state index in [1.165, 1.54) is 0 Å². The third-order valence-corrected chi connectivity index (χ3v) is 2.87. The van der Waals surface area contributed by atoms with Crippen molar-refractivity contribution in [2.75, 3.05) is 5.32 Å². The van der Waals surface area contributed by atoms with Crippen LogP contribution < -0.4 is 5.32 Å². The second kappa shape index (κ2) is 6.00. The van der Waals surface area contributed by atoms with Crippen LogP contribution in [0.2, 0.25) is 0 Å². The summed E-state index contributed by atoms with van der Waals surface area (Å²) in [6, 6.07) is 7.92. The first kappa shape index (κ1) is 14.5. The van der Waals surface area contributed by atoms with Crippen LogP contribution in [0.1, 0.15) is 5.56 Å². The van der Waals surface area contributed by atoms with E-state index < -0.39 is 29.0 Å². The number of anilines is 1. The van der Waals surface area contributed by atoms with Crippen molar-refractivity contribution in [3.63, 3.8) is 0 Å². The van der Waals surface area contributed by atoms with E-state index in [0.29, 0.717) is 11.6 Å². The molecule has 0 heterocycles. The zero-order valence-corrected chi connectivity index (χ0v) is 11.1. The zero-order valence-electron chi connectivity index (χ0n) is 10.2. The summed E-state index contributed by atoms with van der Waals surface area (Å²) in [5.74, 6) is -4.16. The van der Waals surface area contributed by atoms with Gasteiger partial charge in [-0.2, -0.15) is 0 Å². The Morgan fingerprint density at radius 2 is 1.75 bits per heavy atom. The summed E-state index contributed by atoms with van der Waals surface area (Å²) in [4.78, 5) is 12.4. The second-order valence-corrected chi connectivity index (χ2v) is 4.66. The van der Waals surface area contributed by atoms with Crippen molar-refractivity contribution in [2.45, 2.75) is 11.3 Å². The highest BCUT2D eigenvalue weighted by Gasteiger charge is 2.13. The van der Waals surface area contributed by atoms with Gasteiger partial charge in [0.05, 0.1) is 12.1 Å². The van der Waals surface area contributed by atoms with Crippen LogP contribution in [-0.2, 0) is 11.2 Å². The topological polar surface area (TPSA) is 29.1 Å². The number of rotatable bonds is 3. The second-order valence-electron chi connectivity index (χ2n) is 4.14. The van der Waals surface area contributed by atoms with E-state index in [9.17, 15) is 18.0 Å². The van der Waals surface area contributed by atoms with Crippen LogP contribution in [0.4, 0.5) is 18.9 Å². The lowest BCUT2D eigenvalue weighted by molar-refractivity contribution is -0.115. The Balaban J connectivity index is 2.10. The summed E-state index contributed by atoms with van der Waals surface area (Å²) in [6.07, 6.45) is -0.0361. The van der Waals surface area contributed by atoms with Crippen LogP contribution in [0.15, 0.2) is 41.3 Å². The zero-order chi connectivity index (χ0) is 14.7. The molecular weight excluding hydrogens is 287 g/mol. The van der Waals surface area contributed by atoms with Gasteiger partial charge < -0.3 is 5.32 Å². The van der Waals surface area contributed by atoms with E-state index in [1.54, 1.807) is 24.3 Å². The van der Waals surface area contributed by atoms with Gasteiger partial charge in [0, 0.05) is 17.0 Å². The quantitative estimate of drug-likeness (QED) is 0.658. The summed E-state index contributed by atoms with van der Waals surface area (Å²) in [6.45, 7) is 0. The molecule has 104 valence electrons. The predicted molar refractivity (Wildman–Crippen MR) is 72.3 cm³/mol. The maximum atomic E-state index is 13.4. The third-order valence-electron chi connectivity index (χ3n) is 2.57. The number of thiol groups is 1. The Bertz CT molecular complexity index is 644. The summed E-state index contributed by atoms with van der Waals surface area (Å²) in [7, 11) is 0. The smallest absolute Gasteiger partial charge is 0.228 e. The number of carbonyl (C=O) groups is 1. The van der Waals surface area contributed by atoms with Crippen molar-refractivity contribution in [3.8, 4) is 0 Å². The van der Waals surface area contributed by atoms with Gasteiger partial charge in [-0.05, 0) is 17.7 Å². The fraction of sp³-hybridized carbons (Fsp3) is 0.0714. The van der Waals surface area contributed by atoms with Crippen molar-refractivity contribution in [3.05, 3.63) is 59.4 Å². The molecule has 1 amide bonds. The van der Waals surface area contributed by atoms with Crippen molar-refractivity contribution < 1.29 is 18.0 Å². The van der Waals surface area contributed by atoms with E-state index in [-0.39, 0.29) is 6.42 Å². The number of nitrogens with one attached hydrogen (secondary N) is 1. The number of hydrogen-bond donors (Lipinski definition) is 2. The number of amides is 1. The molecule has 0 aliphatic carbocycles. The predicted octanol–water partition coefficient (Wildman–Crippen LogP) is 3.57. The van der Waals surface area contributed by atoms with Gasteiger partial charge in [0.1, 0.15) is 5.82 Å². The van der Waals surface area contributed by atoms with E-state index >= 15 is 0 Å². The van der Waals surface area contributed by atoms with Crippen molar-refractivity contribution in [1.82, 2.24) is 0 Å². The normalized spacial score (nSPS) is 10.4. The van der Waals surface area contributed by atoms with Gasteiger partial charge in [-0.15, -0.1) is 12.6 Å². The lowest BCUT2D eigenvalue weighted by atomic mass is 10.1. The molecule has 0 atom stereocenters. The maximum absolute atomic E-state index is 13.4. The molecule has 0 unspecified atom stereocenters. The van der Waals surface area contributed by atoms with Gasteiger partial charge in [-0.25, -0.2) is 13.2 Å². The lowest BCUT2D eigenvalue weighted by Gasteiger charge is -2.07. The van der Waals surface area contributed by atoms with Gasteiger partial charge in [0.15, 0.2) is 11.6 Å². The molecule has 2 aromatic carbocycles. The lowest BCUT2D eigenvalue weighted by Crippen LogP contribution is -2.16. The molecule has 0 fully saturated rings. The fourth-order valence-electron chi connectivity index (χ4n) is 1.64. The Labute approximate surface area is 119 Å².